The molecule has 0 aliphatic carbocycles. The zero-order valence-electron chi connectivity index (χ0n) is 14.7. The summed E-state index contributed by atoms with van der Waals surface area (Å²) < 4.78 is 44.5. The van der Waals surface area contributed by atoms with E-state index in [2.05, 4.69) is 5.32 Å². The topological polar surface area (TPSA) is 129 Å². The molecule has 154 valence electrons. The highest BCUT2D eigenvalue weighted by Crippen LogP contribution is 2.37. The largest absolute Gasteiger partial charge is 0.451 e. The fourth-order valence-corrected chi connectivity index (χ4v) is 2.58. The van der Waals surface area contributed by atoms with Crippen molar-refractivity contribution in [2.45, 2.75) is 6.18 Å². The Balaban J connectivity index is 1.85. The van der Waals surface area contributed by atoms with Crippen molar-refractivity contribution >= 4 is 23.0 Å². The number of hydrogen-bond donors (Lipinski definition) is 1. The lowest BCUT2D eigenvalue weighted by Gasteiger charge is -2.10. The van der Waals surface area contributed by atoms with Gasteiger partial charge < -0.3 is 9.73 Å². The van der Waals surface area contributed by atoms with Crippen LogP contribution in [0.5, 0.6) is 0 Å². The standard InChI is InChI=1S/C18H10F3N3O6/c19-18(20,21)13-9-11(4-5-14(13)24(28)29)22-17(25)16-7-6-15(30-16)10-2-1-3-12(8-10)23(26)27/h1-9H,(H,22,25). The molecule has 12 heteroatoms. The van der Waals surface area contributed by atoms with Crippen molar-refractivity contribution in [3.8, 4) is 11.3 Å². The van der Waals surface area contributed by atoms with Crippen LogP contribution in [0.2, 0.25) is 0 Å². The van der Waals surface area contributed by atoms with Crippen molar-refractivity contribution < 1.29 is 32.2 Å². The SMILES string of the molecule is O=C(Nc1ccc([N+](=O)[O-])c(C(F)(F)F)c1)c1ccc(-c2cccc([N+](=O)[O-])c2)o1. The third-order valence-corrected chi connectivity index (χ3v) is 3.93. The summed E-state index contributed by atoms with van der Waals surface area (Å²) >= 11 is 0. The van der Waals surface area contributed by atoms with E-state index in [0.717, 1.165) is 6.07 Å². The monoisotopic (exact) mass is 421 g/mol. The first kappa shape index (κ1) is 20.5. The summed E-state index contributed by atoms with van der Waals surface area (Å²) in [7, 11) is 0. The van der Waals surface area contributed by atoms with Crippen LogP contribution < -0.4 is 5.32 Å². The zero-order chi connectivity index (χ0) is 22.1. The molecule has 0 unspecified atom stereocenters. The molecule has 9 nitrogen and oxygen atoms in total. The molecule has 1 heterocycles. The predicted octanol–water partition coefficient (Wildman–Crippen LogP) is 5.03. The second-order valence-corrected chi connectivity index (χ2v) is 5.91. The first-order valence-electron chi connectivity index (χ1n) is 8.08. The normalized spacial score (nSPS) is 11.2. The first-order valence-corrected chi connectivity index (χ1v) is 8.08. The van der Waals surface area contributed by atoms with E-state index in [0.29, 0.717) is 17.7 Å². The van der Waals surface area contributed by atoms with Gasteiger partial charge in [0.25, 0.3) is 17.3 Å². The molecule has 3 rings (SSSR count). The number of benzene rings is 2. The minimum atomic E-state index is -5.00. The number of nitrogens with one attached hydrogen (secondary N) is 1. The molecule has 3 aromatic rings. The molecule has 0 aliphatic heterocycles. The van der Waals surface area contributed by atoms with E-state index in [-0.39, 0.29) is 22.9 Å². The van der Waals surface area contributed by atoms with E-state index in [1.54, 1.807) is 0 Å². The van der Waals surface area contributed by atoms with Gasteiger partial charge in [-0.2, -0.15) is 13.2 Å². The molecule has 0 fully saturated rings. The molecule has 2 aromatic carbocycles. The maximum absolute atomic E-state index is 13.0. The Morgan fingerprint density at radius 3 is 2.33 bits per heavy atom. The molecule has 1 N–H and O–H groups in total. The number of anilines is 1. The van der Waals surface area contributed by atoms with Crippen molar-refractivity contribution in [3.05, 3.63) is 86.1 Å². The molecular formula is C18H10F3N3O6. The molecular weight excluding hydrogens is 411 g/mol. The van der Waals surface area contributed by atoms with Gasteiger partial charge in [0.05, 0.1) is 9.85 Å². The number of nitro benzene ring substituents is 2. The van der Waals surface area contributed by atoms with Crippen LogP contribution in [0.4, 0.5) is 30.2 Å². The van der Waals surface area contributed by atoms with Crippen molar-refractivity contribution in [2.75, 3.05) is 5.32 Å². The number of nitro groups is 2. The summed E-state index contributed by atoms with van der Waals surface area (Å²) in [5, 5.41) is 23.8. The van der Waals surface area contributed by atoms with Crippen LogP contribution in [0.15, 0.2) is 59.0 Å². The summed E-state index contributed by atoms with van der Waals surface area (Å²) in [5.74, 6) is -1.05. The van der Waals surface area contributed by atoms with Crippen LogP contribution in [0.3, 0.4) is 0 Å². The third kappa shape index (κ3) is 4.27. The van der Waals surface area contributed by atoms with E-state index < -0.39 is 33.2 Å². The molecule has 1 aromatic heterocycles. The van der Waals surface area contributed by atoms with Gasteiger partial charge in [-0.25, -0.2) is 0 Å². The molecule has 0 atom stereocenters. The average Bonchev–Trinajstić information content (AvgIpc) is 3.17. The predicted molar refractivity (Wildman–Crippen MR) is 96.9 cm³/mol. The third-order valence-electron chi connectivity index (χ3n) is 3.93. The Hall–Kier alpha value is -4.22. The number of halogens is 3. The Labute approximate surface area is 165 Å². The lowest BCUT2D eigenvalue weighted by molar-refractivity contribution is -0.388. The molecule has 0 saturated carbocycles. The van der Waals surface area contributed by atoms with Crippen LogP contribution in [-0.4, -0.2) is 15.8 Å². The van der Waals surface area contributed by atoms with Crippen LogP contribution in [0.25, 0.3) is 11.3 Å². The maximum Gasteiger partial charge on any atom is 0.423 e. The summed E-state index contributed by atoms with van der Waals surface area (Å²) in [5.41, 5.74) is -2.86. The van der Waals surface area contributed by atoms with Gasteiger partial charge in [0.1, 0.15) is 11.3 Å². The van der Waals surface area contributed by atoms with Gasteiger partial charge >= 0.3 is 6.18 Å². The molecule has 0 bridgehead atoms. The minimum Gasteiger partial charge on any atom is -0.451 e. The quantitative estimate of drug-likeness (QED) is 0.454. The van der Waals surface area contributed by atoms with Crippen molar-refractivity contribution in [1.29, 1.82) is 0 Å². The van der Waals surface area contributed by atoms with Gasteiger partial charge in [-0.15, -0.1) is 0 Å². The highest BCUT2D eigenvalue weighted by atomic mass is 19.4. The molecule has 0 spiro atoms. The van der Waals surface area contributed by atoms with Crippen LogP contribution >= 0.6 is 0 Å². The number of alkyl halides is 3. The lowest BCUT2D eigenvalue weighted by atomic mass is 10.1. The summed E-state index contributed by atoms with van der Waals surface area (Å²) in [6.45, 7) is 0. The highest BCUT2D eigenvalue weighted by molar-refractivity contribution is 6.02. The van der Waals surface area contributed by atoms with E-state index in [4.69, 9.17) is 4.42 Å². The van der Waals surface area contributed by atoms with Gasteiger partial charge in [-0.3, -0.25) is 25.0 Å². The zero-order valence-corrected chi connectivity index (χ0v) is 14.7. The first-order chi connectivity index (χ1) is 14.1. The number of nitrogens with zero attached hydrogens (tertiary/aromatic N) is 2. The summed E-state index contributed by atoms with van der Waals surface area (Å²) in [6.07, 6.45) is -5.00. The fourth-order valence-electron chi connectivity index (χ4n) is 2.58. The van der Waals surface area contributed by atoms with Crippen LogP contribution in [0.1, 0.15) is 16.1 Å². The number of furan rings is 1. The van der Waals surface area contributed by atoms with Gasteiger partial charge in [-0.1, -0.05) is 12.1 Å². The lowest BCUT2D eigenvalue weighted by Crippen LogP contribution is -2.13. The number of carbonyl (C=O) groups is 1. The molecule has 30 heavy (non-hydrogen) atoms. The maximum atomic E-state index is 13.0. The van der Waals surface area contributed by atoms with Crippen molar-refractivity contribution in [2.24, 2.45) is 0 Å². The van der Waals surface area contributed by atoms with Crippen molar-refractivity contribution in [1.82, 2.24) is 0 Å². The van der Waals surface area contributed by atoms with E-state index >= 15 is 0 Å². The van der Waals surface area contributed by atoms with Gasteiger partial charge in [0.15, 0.2) is 5.76 Å². The Morgan fingerprint density at radius 2 is 1.70 bits per heavy atom. The number of non-ortho nitro benzene ring substituents is 1. The Kier molecular flexibility index (Phi) is 5.24. The summed E-state index contributed by atoms with van der Waals surface area (Å²) in [4.78, 5) is 32.1. The molecule has 0 saturated heterocycles. The highest BCUT2D eigenvalue weighted by Gasteiger charge is 2.38. The fraction of sp³-hybridized carbons (Fsp3) is 0.0556. The Bertz CT molecular complexity index is 1160. The number of carbonyl (C=O) groups excluding carboxylic acids is 1. The average molecular weight is 421 g/mol. The van der Waals surface area contributed by atoms with Gasteiger partial charge in [-0.05, 0) is 24.3 Å². The molecule has 1 amide bonds. The molecule has 0 aliphatic rings. The summed E-state index contributed by atoms with van der Waals surface area (Å²) in [6, 6.07) is 10.1. The van der Waals surface area contributed by atoms with E-state index in [1.807, 2.05) is 0 Å². The molecule has 0 radical (unpaired) electrons. The van der Waals surface area contributed by atoms with Crippen LogP contribution in [-0.2, 0) is 6.18 Å². The number of rotatable bonds is 5. The van der Waals surface area contributed by atoms with Crippen molar-refractivity contribution in [3.63, 3.8) is 0 Å². The minimum absolute atomic E-state index is 0.128. The second kappa shape index (κ2) is 7.66. The van der Waals surface area contributed by atoms with E-state index in [9.17, 15) is 38.2 Å². The number of amides is 1. The van der Waals surface area contributed by atoms with E-state index in [1.165, 1.54) is 36.4 Å². The number of hydrogen-bond acceptors (Lipinski definition) is 6. The van der Waals surface area contributed by atoms with Gasteiger partial charge in [0, 0.05) is 29.4 Å². The Morgan fingerprint density at radius 1 is 0.967 bits per heavy atom. The smallest absolute Gasteiger partial charge is 0.423 e. The van der Waals surface area contributed by atoms with Gasteiger partial charge in [0.2, 0.25) is 0 Å². The van der Waals surface area contributed by atoms with Crippen LogP contribution in [0, 0.1) is 20.2 Å². The second-order valence-electron chi connectivity index (χ2n) is 5.91.